The fourth-order valence-electron chi connectivity index (χ4n) is 1.53. The fourth-order valence-corrected chi connectivity index (χ4v) is 1.53. The van der Waals surface area contributed by atoms with E-state index in [1.165, 1.54) is 0 Å². The molecule has 1 N–H and O–H groups in total. The lowest BCUT2D eigenvalue weighted by atomic mass is 9.92. The highest BCUT2D eigenvalue weighted by Crippen LogP contribution is 2.31. The summed E-state index contributed by atoms with van der Waals surface area (Å²) in [4.78, 5) is 0. The summed E-state index contributed by atoms with van der Waals surface area (Å²) in [5.74, 6) is -0.417. The van der Waals surface area contributed by atoms with E-state index in [9.17, 15) is 5.11 Å². The zero-order valence-corrected chi connectivity index (χ0v) is 7.17. The Morgan fingerprint density at radius 1 is 1.18 bits per heavy atom. The lowest BCUT2D eigenvalue weighted by molar-refractivity contribution is -0.231. The molecule has 66 valence electrons. The molecule has 0 aliphatic heterocycles. The Hall–Kier alpha value is -0.120. The number of aliphatic hydroxyl groups is 1. The Bertz CT molecular complexity index is 111. The van der Waals surface area contributed by atoms with Crippen LogP contribution in [0.4, 0.5) is 0 Å². The number of ether oxygens (including phenoxy) is 2. The van der Waals surface area contributed by atoms with E-state index in [0.717, 1.165) is 25.7 Å². The molecule has 1 saturated carbocycles. The van der Waals surface area contributed by atoms with Gasteiger partial charge in [-0.05, 0) is 12.8 Å². The van der Waals surface area contributed by atoms with E-state index in [-0.39, 0.29) is 6.10 Å². The largest absolute Gasteiger partial charge is 0.393 e. The summed E-state index contributed by atoms with van der Waals surface area (Å²) in [6.07, 6.45) is 2.99. The second kappa shape index (κ2) is 3.52. The molecule has 1 rings (SSSR count). The van der Waals surface area contributed by atoms with Gasteiger partial charge < -0.3 is 14.6 Å². The maximum atomic E-state index is 9.22. The van der Waals surface area contributed by atoms with Gasteiger partial charge in [-0.1, -0.05) is 0 Å². The van der Waals surface area contributed by atoms with E-state index >= 15 is 0 Å². The van der Waals surface area contributed by atoms with E-state index in [1.807, 2.05) is 0 Å². The van der Waals surface area contributed by atoms with Gasteiger partial charge in [0.1, 0.15) is 0 Å². The lowest BCUT2D eigenvalue weighted by Gasteiger charge is -2.36. The number of hydrogen-bond acceptors (Lipinski definition) is 3. The molecule has 0 spiro atoms. The summed E-state index contributed by atoms with van der Waals surface area (Å²) in [6, 6.07) is 0. The van der Waals surface area contributed by atoms with Gasteiger partial charge in [-0.15, -0.1) is 0 Å². The highest BCUT2D eigenvalue weighted by molar-refractivity contribution is 4.78. The van der Waals surface area contributed by atoms with Gasteiger partial charge in [0.25, 0.3) is 0 Å². The minimum absolute atomic E-state index is 0.159. The van der Waals surface area contributed by atoms with Gasteiger partial charge in [0, 0.05) is 27.1 Å². The number of methoxy groups -OCH3 is 2. The van der Waals surface area contributed by atoms with Crippen LogP contribution in [0, 0.1) is 0 Å². The quantitative estimate of drug-likeness (QED) is 0.610. The highest BCUT2D eigenvalue weighted by atomic mass is 16.7. The van der Waals surface area contributed by atoms with E-state index in [4.69, 9.17) is 9.47 Å². The van der Waals surface area contributed by atoms with Gasteiger partial charge in [0.2, 0.25) is 0 Å². The van der Waals surface area contributed by atoms with Crippen LogP contribution >= 0.6 is 0 Å². The molecule has 0 heterocycles. The van der Waals surface area contributed by atoms with Crippen LogP contribution in [0.3, 0.4) is 0 Å². The summed E-state index contributed by atoms with van der Waals surface area (Å²) in [5.41, 5.74) is 0. The average Bonchev–Trinajstić information content (AvgIpc) is 2.07. The third-order valence-corrected chi connectivity index (χ3v) is 2.46. The van der Waals surface area contributed by atoms with Gasteiger partial charge >= 0.3 is 0 Å². The molecule has 0 bridgehead atoms. The van der Waals surface area contributed by atoms with Crippen LogP contribution in [0.15, 0.2) is 0 Å². The molecule has 1 aliphatic carbocycles. The van der Waals surface area contributed by atoms with Crippen molar-refractivity contribution in [1.29, 1.82) is 0 Å². The van der Waals surface area contributed by atoms with Crippen LogP contribution in [0.1, 0.15) is 25.7 Å². The minimum atomic E-state index is -0.417. The minimum Gasteiger partial charge on any atom is -0.393 e. The van der Waals surface area contributed by atoms with Crippen molar-refractivity contribution >= 4 is 0 Å². The Labute approximate surface area is 67.3 Å². The zero-order chi connectivity index (χ0) is 8.32. The molecule has 0 aromatic carbocycles. The predicted molar refractivity (Wildman–Crippen MR) is 41.2 cm³/mol. The molecule has 0 atom stereocenters. The lowest BCUT2D eigenvalue weighted by Crippen LogP contribution is -2.39. The second-order valence-electron chi connectivity index (χ2n) is 3.05. The Morgan fingerprint density at radius 2 is 1.64 bits per heavy atom. The topological polar surface area (TPSA) is 38.7 Å². The van der Waals surface area contributed by atoms with Crippen molar-refractivity contribution < 1.29 is 14.6 Å². The summed E-state index contributed by atoms with van der Waals surface area (Å²) in [6.45, 7) is 0. The Balaban J connectivity index is 2.45. The Kier molecular flexibility index (Phi) is 2.87. The van der Waals surface area contributed by atoms with Crippen molar-refractivity contribution in [2.24, 2.45) is 0 Å². The first-order valence-electron chi connectivity index (χ1n) is 4.01. The maximum absolute atomic E-state index is 9.22. The molecule has 0 amide bonds. The molecule has 11 heavy (non-hydrogen) atoms. The second-order valence-corrected chi connectivity index (χ2v) is 3.05. The maximum Gasteiger partial charge on any atom is 0.167 e. The van der Waals surface area contributed by atoms with Crippen LogP contribution in [-0.4, -0.2) is 31.2 Å². The molecule has 0 unspecified atom stereocenters. The standard InChI is InChI=1S/C8H16O3/c1-10-8(11-2)5-3-7(9)4-6-8/h7,9H,3-6H2,1-2H3. The van der Waals surface area contributed by atoms with Gasteiger partial charge in [-0.25, -0.2) is 0 Å². The molecular weight excluding hydrogens is 144 g/mol. The van der Waals surface area contributed by atoms with Crippen molar-refractivity contribution in [3.8, 4) is 0 Å². The van der Waals surface area contributed by atoms with Crippen LogP contribution < -0.4 is 0 Å². The number of hydrogen-bond donors (Lipinski definition) is 1. The monoisotopic (exact) mass is 160 g/mol. The van der Waals surface area contributed by atoms with Gasteiger partial charge in [0.15, 0.2) is 5.79 Å². The molecule has 1 fully saturated rings. The molecule has 0 radical (unpaired) electrons. The van der Waals surface area contributed by atoms with Crippen LogP contribution in [0.2, 0.25) is 0 Å². The first-order valence-corrected chi connectivity index (χ1v) is 4.01. The van der Waals surface area contributed by atoms with E-state index < -0.39 is 5.79 Å². The van der Waals surface area contributed by atoms with Crippen molar-refractivity contribution in [1.82, 2.24) is 0 Å². The molecule has 0 aromatic heterocycles. The molecular formula is C8H16O3. The first-order chi connectivity index (χ1) is 5.22. The normalized spacial score (nSPS) is 25.4. The van der Waals surface area contributed by atoms with Gasteiger partial charge in [-0.2, -0.15) is 0 Å². The molecule has 0 saturated heterocycles. The smallest absolute Gasteiger partial charge is 0.167 e. The first kappa shape index (κ1) is 8.97. The number of rotatable bonds is 2. The van der Waals surface area contributed by atoms with E-state index in [0.29, 0.717) is 0 Å². The van der Waals surface area contributed by atoms with Gasteiger partial charge in [-0.3, -0.25) is 0 Å². The molecule has 3 nitrogen and oxygen atoms in total. The molecule has 1 aliphatic rings. The van der Waals surface area contributed by atoms with Crippen LogP contribution in [0.25, 0.3) is 0 Å². The van der Waals surface area contributed by atoms with Crippen LogP contribution in [-0.2, 0) is 9.47 Å². The highest BCUT2D eigenvalue weighted by Gasteiger charge is 2.34. The summed E-state index contributed by atoms with van der Waals surface area (Å²) >= 11 is 0. The molecule has 3 heteroatoms. The summed E-state index contributed by atoms with van der Waals surface area (Å²) < 4.78 is 10.5. The van der Waals surface area contributed by atoms with Crippen molar-refractivity contribution in [3.05, 3.63) is 0 Å². The zero-order valence-electron chi connectivity index (χ0n) is 7.17. The number of aliphatic hydroxyl groups excluding tert-OH is 1. The van der Waals surface area contributed by atoms with Crippen molar-refractivity contribution in [2.45, 2.75) is 37.6 Å². The Morgan fingerprint density at radius 3 is 2.00 bits per heavy atom. The van der Waals surface area contributed by atoms with E-state index in [2.05, 4.69) is 0 Å². The fraction of sp³-hybridized carbons (Fsp3) is 1.00. The van der Waals surface area contributed by atoms with Gasteiger partial charge in [0.05, 0.1) is 6.10 Å². The molecule has 0 aromatic rings. The summed E-state index contributed by atoms with van der Waals surface area (Å²) in [7, 11) is 3.31. The third kappa shape index (κ3) is 1.92. The van der Waals surface area contributed by atoms with Crippen molar-refractivity contribution in [3.63, 3.8) is 0 Å². The van der Waals surface area contributed by atoms with E-state index in [1.54, 1.807) is 14.2 Å². The van der Waals surface area contributed by atoms with Crippen molar-refractivity contribution in [2.75, 3.05) is 14.2 Å². The third-order valence-electron chi connectivity index (χ3n) is 2.46. The van der Waals surface area contributed by atoms with Crippen LogP contribution in [0.5, 0.6) is 0 Å². The summed E-state index contributed by atoms with van der Waals surface area (Å²) in [5, 5.41) is 9.22. The average molecular weight is 160 g/mol. The predicted octanol–water partition coefficient (Wildman–Crippen LogP) is 0.910. The SMILES string of the molecule is COC1(OC)CCC(O)CC1.